The fourth-order valence-corrected chi connectivity index (χ4v) is 8.76. The van der Waals surface area contributed by atoms with E-state index < -0.39 is 0 Å². The molecule has 174 valence electrons. The van der Waals surface area contributed by atoms with Gasteiger partial charge in [-0.3, -0.25) is 0 Å². The minimum Gasteiger partial charge on any atom is -0.0622 e. The molecular weight excluding hydrogens is 360 g/mol. The predicted molar refractivity (Wildman–Crippen MR) is 132 cm³/mol. The molecular formula is C30H54. The third kappa shape index (κ3) is 6.51. The van der Waals surface area contributed by atoms with Crippen molar-refractivity contribution in [1.29, 1.82) is 0 Å². The number of fused-ring (bicyclic) bond motifs is 1. The zero-order valence-corrected chi connectivity index (χ0v) is 20.6. The van der Waals surface area contributed by atoms with Crippen molar-refractivity contribution in [3.8, 4) is 0 Å². The molecule has 30 heavy (non-hydrogen) atoms. The highest BCUT2D eigenvalue weighted by Gasteiger charge is 2.39. The van der Waals surface area contributed by atoms with E-state index in [1.807, 2.05) is 0 Å². The van der Waals surface area contributed by atoms with Crippen molar-refractivity contribution in [2.75, 3.05) is 0 Å². The molecule has 0 nitrogen and oxygen atoms in total. The Morgan fingerprint density at radius 2 is 0.700 bits per heavy atom. The van der Waals surface area contributed by atoms with E-state index in [0.29, 0.717) is 0 Å². The lowest BCUT2D eigenvalue weighted by Gasteiger charge is -2.31. The van der Waals surface area contributed by atoms with E-state index in [1.54, 1.807) is 64.2 Å². The highest BCUT2D eigenvalue weighted by Crippen LogP contribution is 2.49. The summed E-state index contributed by atoms with van der Waals surface area (Å²) in [7, 11) is 0. The molecule has 5 rings (SSSR count). The SMILES string of the molecule is C1CCCC2CCCC2CCC1.CC1CC(C2CCCCC2)CC1C1CCCCC1. The fourth-order valence-electron chi connectivity index (χ4n) is 8.76. The molecule has 0 radical (unpaired) electrons. The molecule has 5 fully saturated rings. The predicted octanol–water partition coefficient (Wildman–Crippen LogP) is 9.96. The normalized spacial score (nSPS) is 39.3. The molecule has 0 saturated heterocycles. The highest BCUT2D eigenvalue weighted by atomic mass is 14.4. The van der Waals surface area contributed by atoms with E-state index in [9.17, 15) is 0 Å². The largest absolute Gasteiger partial charge is 0.0622 e. The van der Waals surface area contributed by atoms with Gasteiger partial charge in [0.25, 0.3) is 0 Å². The van der Waals surface area contributed by atoms with Gasteiger partial charge in [-0.15, -0.1) is 0 Å². The molecule has 5 aliphatic rings. The molecule has 0 spiro atoms. The monoisotopic (exact) mass is 414 g/mol. The smallest absolute Gasteiger partial charge is 0.0357 e. The van der Waals surface area contributed by atoms with Gasteiger partial charge in [0.2, 0.25) is 0 Å². The van der Waals surface area contributed by atoms with Crippen LogP contribution in [0.5, 0.6) is 0 Å². The Kier molecular flexibility index (Phi) is 9.50. The first-order valence-corrected chi connectivity index (χ1v) is 14.8. The van der Waals surface area contributed by atoms with Gasteiger partial charge in [-0.1, -0.05) is 135 Å². The Labute approximate surface area is 189 Å². The summed E-state index contributed by atoms with van der Waals surface area (Å²) in [5.41, 5.74) is 0. The molecule has 0 amide bonds. The first-order valence-electron chi connectivity index (χ1n) is 14.8. The second-order valence-electron chi connectivity index (χ2n) is 12.5. The molecule has 0 heteroatoms. The van der Waals surface area contributed by atoms with Crippen LogP contribution in [0.15, 0.2) is 0 Å². The van der Waals surface area contributed by atoms with Gasteiger partial charge < -0.3 is 0 Å². The maximum atomic E-state index is 2.57. The standard InChI is InChI=1S/C18H32.C12H22/c1-14-12-17(15-8-4-2-5-9-15)13-18(14)16-10-6-3-7-11-16;1-2-4-7-11-9-6-10-12(11)8-5-3-1/h14-18H,2-13H2,1H3;11-12H,1-10H2. The molecule has 0 aliphatic heterocycles. The highest BCUT2D eigenvalue weighted by molar-refractivity contribution is 4.90. The van der Waals surface area contributed by atoms with Gasteiger partial charge in [0.1, 0.15) is 0 Å². The Morgan fingerprint density at radius 3 is 1.23 bits per heavy atom. The van der Waals surface area contributed by atoms with Gasteiger partial charge in [-0.25, -0.2) is 0 Å². The molecule has 0 aromatic rings. The summed E-state index contributed by atoms with van der Waals surface area (Å²) in [5, 5.41) is 0. The van der Waals surface area contributed by atoms with Crippen LogP contribution in [0, 0.1) is 41.4 Å². The zero-order valence-electron chi connectivity index (χ0n) is 20.6. The van der Waals surface area contributed by atoms with Crippen LogP contribution in [-0.4, -0.2) is 0 Å². The molecule has 0 bridgehead atoms. The Morgan fingerprint density at radius 1 is 0.333 bits per heavy atom. The van der Waals surface area contributed by atoms with Gasteiger partial charge in [0, 0.05) is 0 Å². The second-order valence-corrected chi connectivity index (χ2v) is 12.5. The minimum atomic E-state index is 1.04. The van der Waals surface area contributed by atoms with Crippen LogP contribution in [0.25, 0.3) is 0 Å². The summed E-state index contributed by atoms with van der Waals surface area (Å²) in [6, 6.07) is 0. The van der Waals surface area contributed by atoms with Gasteiger partial charge in [0.15, 0.2) is 0 Å². The van der Waals surface area contributed by atoms with E-state index in [4.69, 9.17) is 0 Å². The van der Waals surface area contributed by atoms with Crippen LogP contribution in [-0.2, 0) is 0 Å². The van der Waals surface area contributed by atoms with Crippen LogP contribution in [0.1, 0.15) is 148 Å². The van der Waals surface area contributed by atoms with Gasteiger partial charge in [0.05, 0.1) is 0 Å². The van der Waals surface area contributed by atoms with E-state index in [2.05, 4.69) is 6.92 Å². The van der Waals surface area contributed by atoms with Crippen LogP contribution in [0.3, 0.4) is 0 Å². The number of hydrogen-bond acceptors (Lipinski definition) is 0. The van der Waals surface area contributed by atoms with Crippen LogP contribution in [0.4, 0.5) is 0 Å². The number of hydrogen-bond donors (Lipinski definition) is 0. The lowest BCUT2D eigenvalue weighted by molar-refractivity contribution is 0.199. The van der Waals surface area contributed by atoms with E-state index in [-0.39, 0.29) is 0 Å². The van der Waals surface area contributed by atoms with Crippen molar-refractivity contribution in [3.63, 3.8) is 0 Å². The van der Waals surface area contributed by atoms with E-state index in [1.165, 1.54) is 77.0 Å². The quantitative estimate of drug-likeness (QED) is 0.421. The van der Waals surface area contributed by atoms with Crippen molar-refractivity contribution in [3.05, 3.63) is 0 Å². The van der Waals surface area contributed by atoms with Crippen molar-refractivity contribution >= 4 is 0 Å². The Bertz CT molecular complexity index is 441. The maximum Gasteiger partial charge on any atom is -0.0357 e. The zero-order chi connectivity index (χ0) is 20.6. The lowest BCUT2D eigenvalue weighted by Crippen LogP contribution is -2.20. The molecule has 5 aliphatic carbocycles. The van der Waals surface area contributed by atoms with Crippen molar-refractivity contribution in [2.24, 2.45) is 41.4 Å². The molecule has 0 heterocycles. The Hall–Kier alpha value is 0. The topological polar surface area (TPSA) is 0 Å². The minimum absolute atomic E-state index is 1.04. The van der Waals surface area contributed by atoms with Gasteiger partial charge in [-0.2, -0.15) is 0 Å². The molecule has 5 atom stereocenters. The third-order valence-electron chi connectivity index (χ3n) is 10.5. The summed E-state index contributed by atoms with van der Waals surface area (Å²) >= 11 is 0. The summed E-state index contributed by atoms with van der Waals surface area (Å²) in [6.45, 7) is 2.57. The van der Waals surface area contributed by atoms with Crippen molar-refractivity contribution in [1.82, 2.24) is 0 Å². The summed E-state index contributed by atoms with van der Waals surface area (Å²) in [5.74, 6) is 7.79. The lowest BCUT2D eigenvalue weighted by atomic mass is 9.75. The van der Waals surface area contributed by atoms with E-state index in [0.717, 1.165) is 41.4 Å². The molecule has 0 aromatic carbocycles. The fraction of sp³-hybridized carbons (Fsp3) is 1.00. The summed E-state index contributed by atoms with van der Waals surface area (Å²) in [6.07, 6.45) is 34.0. The second kappa shape index (κ2) is 12.3. The summed E-state index contributed by atoms with van der Waals surface area (Å²) < 4.78 is 0. The van der Waals surface area contributed by atoms with E-state index >= 15 is 0 Å². The van der Waals surface area contributed by atoms with Crippen LogP contribution in [0.2, 0.25) is 0 Å². The molecule has 5 saturated carbocycles. The molecule has 0 N–H and O–H groups in total. The van der Waals surface area contributed by atoms with Gasteiger partial charge in [-0.05, 0) is 54.3 Å². The van der Waals surface area contributed by atoms with Crippen LogP contribution >= 0.6 is 0 Å². The molecule has 0 aromatic heterocycles. The first kappa shape index (κ1) is 23.2. The van der Waals surface area contributed by atoms with Crippen LogP contribution < -0.4 is 0 Å². The van der Waals surface area contributed by atoms with Gasteiger partial charge >= 0.3 is 0 Å². The average molecular weight is 415 g/mol. The first-order chi connectivity index (χ1) is 14.8. The Balaban J connectivity index is 0.000000158. The molecule has 5 unspecified atom stereocenters. The van der Waals surface area contributed by atoms with Crippen molar-refractivity contribution in [2.45, 2.75) is 148 Å². The maximum absolute atomic E-state index is 2.57. The van der Waals surface area contributed by atoms with Crippen molar-refractivity contribution < 1.29 is 0 Å². The third-order valence-corrected chi connectivity index (χ3v) is 10.5. The summed E-state index contributed by atoms with van der Waals surface area (Å²) in [4.78, 5) is 0. The number of rotatable bonds is 2. The average Bonchev–Trinajstić information content (AvgIpc) is 3.42.